The molecule has 0 amide bonds. The fourth-order valence-electron chi connectivity index (χ4n) is 1.78. The number of anilines is 1. The Hall–Kier alpha value is -2.63. The van der Waals surface area contributed by atoms with Crippen molar-refractivity contribution in [1.82, 2.24) is 14.8 Å². The van der Waals surface area contributed by atoms with E-state index in [1.54, 1.807) is 23.3 Å². The molecule has 1 heterocycles. The number of carbonyl (C=O) groups excluding carboxylic acids is 1. The van der Waals surface area contributed by atoms with Gasteiger partial charge in [0.05, 0.1) is 11.3 Å². The molecular formula is C14H16N4O2. The Balaban J connectivity index is 2.42. The molecule has 0 aliphatic carbocycles. The lowest BCUT2D eigenvalue weighted by Crippen LogP contribution is -2.16. The van der Waals surface area contributed by atoms with E-state index in [4.69, 9.17) is 4.74 Å². The maximum Gasteiger partial charge on any atom is 0.340 e. The fraction of sp³-hybridized carbons (Fsp3) is 0.214. The first-order chi connectivity index (χ1) is 9.63. The van der Waals surface area contributed by atoms with Crippen LogP contribution in [-0.2, 0) is 4.74 Å². The Kier molecular flexibility index (Phi) is 4.14. The summed E-state index contributed by atoms with van der Waals surface area (Å²) in [4.78, 5) is 14.0. The summed E-state index contributed by atoms with van der Waals surface area (Å²) in [6.45, 7) is 3.72. The normalized spacial score (nSPS) is 10.1. The quantitative estimate of drug-likeness (QED) is 0.612. The molecule has 1 aromatic heterocycles. The van der Waals surface area contributed by atoms with Crippen molar-refractivity contribution in [3.63, 3.8) is 0 Å². The lowest BCUT2D eigenvalue weighted by atomic mass is 10.1. The van der Waals surface area contributed by atoms with Gasteiger partial charge in [0.1, 0.15) is 19.3 Å². The summed E-state index contributed by atoms with van der Waals surface area (Å²) in [5.74, 6) is -0.386. The zero-order valence-electron chi connectivity index (χ0n) is 11.5. The fourth-order valence-corrected chi connectivity index (χ4v) is 1.78. The van der Waals surface area contributed by atoms with E-state index in [0.717, 1.165) is 11.4 Å². The summed E-state index contributed by atoms with van der Waals surface area (Å²) in [6, 6.07) is 5.51. The maximum atomic E-state index is 12.1. The van der Waals surface area contributed by atoms with E-state index in [2.05, 4.69) is 16.8 Å². The molecule has 0 aliphatic heterocycles. The Morgan fingerprint density at radius 1 is 1.40 bits per heavy atom. The number of benzene rings is 1. The van der Waals surface area contributed by atoms with Crippen LogP contribution in [0, 0.1) is 0 Å². The molecule has 0 fully saturated rings. The van der Waals surface area contributed by atoms with E-state index in [-0.39, 0.29) is 12.6 Å². The van der Waals surface area contributed by atoms with Gasteiger partial charge in [-0.05, 0) is 18.2 Å². The van der Waals surface area contributed by atoms with Gasteiger partial charge in [0.2, 0.25) is 0 Å². The molecule has 0 saturated heterocycles. The van der Waals surface area contributed by atoms with Crippen LogP contribution < -0.4 is 4.90 Å². The average molecular weight is 272 g/mol. The summed E-state index contributed by atoms with van der Waals surface area (Å²) in [5.41, 5.74) is 2.07. The molecule has 0 radical (unpaired) electrons. The van der Waals surface area contributed by atoms with Crippen LogP contribution in [0.25, 0.3) is 5.69 Å². The lowest BCUT2D eigenvalue weighted by molar-refractivity contribution is 0.0550. The summed E-state index contributed by atoms with van der Waals surface area (Å²) in [6.07, 6.45) is 4.68. The second-order valence-electron chi connectivity index (χ2n) is 4.35. The van der Waals surface area contributed by atoms with E-state index in [0.29, 0.717) is 5.56 Å². The molecule has 20 heavy (non-hydrogen) atoms. The van der Waals surface area contributed by atoms with Crippen LogP contribution in [0.4, 0.5) is 5.69 Å². The van der Waals surface area contributed by atoms with Gasteiger partial charge in [0.25, 0.3) is 0 Å². The first-order valence-corrected chi connectivity index (χ1v) is 6.08. The van der Waals surface area contributed by atoms with Gasteiger partial charge in [-0.3, -0.25) is 4.57 Å². The van der Waals surface area contributed by atoms with Crippen LogP contribution in [0.1, 0.15) is 10.4 Å². The minimum atomic E-state index is -0.386. The predicted octanol–water partition coefficient (Wildman–Crippen LogP) is 1.68. The molecule has 6 heteroatoms. The zero-order valence-corrected chi connectivity index (χ0v) is 11.5. The third-order valence-electron chi connectivity index (χ3n) is 2.73. The predicted molar refractivity (Wildman–Crippen MR) is 76.2 cm³/mol. The van der Waals surface area contributed by atoms with Gasteiger partial charge < -0.3 is 9.64 Å². The van der Waals surface area contributed by atoms with Crippen LogP contribution in [-0.4, -0.2) is 41.4 Å². The van der Waals surface area contributed by atoms with E-state index in [1.165, 1.54) is 6.08 Å². The van der Waals surface area contributed by atoms with Crippen molar-refractivity contribution < 1.29 is 9.53 Å². The van der Waals surface area contributed by atoms with Gasteiger partial charge in [-0.25, -0.2) is 4.79 Å². The number of carbonyl (C=O) groups is 1. The Morgan fingerprint density at radius 2 is 2.10 bits per heavy atom. The minimum Gasteiger partial charge on any atom is -0.458 e. The largest absolute Gasteiger partial charge is 0.458 e. The highest BCUT2D eigenvalue weighted by Gasteiger charge is 2.15. The van der Waals surface area contributed by atoms with Crippen molar-refractivity contribution in [2.45, 2.75) is 0 Å². The number of rotatable bonds is 5. The van der Waals surface area contributed by atoms with Crippen LogP contribution in [0.5, 0.6) is 0 Å². The van der Waals surface area contributed by atoms with E-state index >= 15 is 0 Å². The smallest absolute Gasteiger partial charge is 0.340 e. The highest BCUT2D eigenvalue weighted by Crippen LogP contribution is 2.23. The molecule has 0 N–H and O–H groups in total. The van der Waals surface area contributed by atoms with E-state index < -0.39 is 0 Å². The standard InChI is InChI=1S/C14H16N4O2/c1-4-7-20-14(19)12-8-11(18-9-15-16-10-18)5-6-13(12)17(2)3/h4-6,8-10H,1,7H2,2-3H3. The van der Waals surface area contributed by atoms with Gasteiger partial charge in [-0.2, -0.15) is 0 Å². The zero-order chi connectivity index (χ0) is 14.5. The lowest BCUT2D eigenvalue weighted by Gasteiger charge is -2.17. The van der Waals surface area contributed by atoms with Crippen LogP contribution >= 0.6 is 0 Å². The maximum absolute atomic E-state index is 12.1. The second kappa shape index (κ2) is 6.01. The van der Waals surface area contributed by atoms with Gasteiger partial charge in [0.15, 0.2) is 0 Å². The van der Waals surface area contributed by atoms with Gasteiger partial charge in [-0.1, -0.05) is 12.7 Å². The Bertz CT molecular complexity index is 606. The highest BCUT2D eigenvalue weighted by atomic mass is 16.5. The van der Waals surface area contributed by atoms with Crippen molar-refractivity contribution in [3.05, 3.63) is 49.1 Å². The molecule has 0 unspecified atom stereocenters. The number of hydrogen-bond acceptors (Lipinski definition) is 5. The van der Waals surface area contributed by atoms with E-state index in [1.807, 2.05) is 31.1 Å². The third-order valence-corrected chi connectivity index (χ3v) is 2.73. The van der Waals surface area contributed by atoms with Gasteiger partial charge >= 0.3 is 5.97 Å². The van der Waals surface area contributed by atoms with Gasteiger partial charge in [-0.15, -0.1) is 10.2 Å². The number of hydrogen-bond donors (Lipinski definition) is 0. The van der Waals surface area contributed by atoms with Crippen LogP contribution in [0.3, 0.4) is 0 Å². The number of esters is 1. The van der Waals surface area contributed by atoms with E-state index in [9.17, 15) is 4.79 Å². The molecule has 6 nitrogen and oxygen atoms in total. The van der Waals surface area contributed by atoms with Crippen molar-refractivity contribution in [3.8, 4) is 5.69 Å². The third kappa shape index (κ3) is 2.85. The molecule has 0 bridgehead atoms. The number of nitrogens with zero attached hydrogens (tertiary/aromatic N) is 4. The average Bonchev–Trinajstić information content (AvgIpc) is 2.98. The molecule has 0 spiro atoms. The van der Waals surface area contributed by atoms with Crippen LogP contribution in [0.2, 0.25) is 0 Å². The Labute approximate surface area is 117 Å². The molecule has 104 valence electrons. The number of ether oxygens (including phenoxy) is 1. The minimum absolute atomic E-state index is 0.183. The topological polar surface area (TPSA) is 60.3 Å². The molecule has 1 aromatic carbocycles. The number of aromatic nitrogens is 3. The summed E-state index contributed by atoms with van der Waals surface area (Å²) >= 11 is 0. The SMILES string of the molecule is C=CCOC(=O)c1cc(-n2cnnc2)ccc1N(C)C. The summed E-state index contributed by atoms with van der Waals surface area (Å²) in [5, 5.41) is 7.51. The molecule has 0 saturated carbocycles. The van der Waals surface area contributed by atoms with Crippen molar-refractivity contribution >= 4 is 11.7 Å². The molecule has 2 aromatic rings. The summed E-state index contributed by atoms with van der Waals surface area (Å²) in [7, 11) is 3.75. The molecular weight excluding hydrogens is 256 g/mol. The molecule has 0 atom stereocenters. The second-order valence-corrected chi connectivity index (χ2v) is 4.35. The first-order valence-electron chi connectivity index (χ1n) is 6.08. The molecule has 0 aliphatic rings. The van der Waals surface area contributed by atoms with Gasteiger partial charge in [0, 0.05) is 19.8 Å². The van der Waals surface area contributed by atoms with Crippen LogP contribution in [0.15, 0.2) is 43.5 Å². The summed E-state index contributed by atoms with van der Waals surface area (Å²) < 4.78 is 6.84. The highest BCUT2D eigenvalue weighted by molar-refractivity contribution is 5.96. The Morgan fingerprint density at radius 3 is 2.70 bits per heavy atom. The molecule has 2 rings (SSSR count). The monoisotopic (exact) mass is 272 g/mol. The van der Waals surface area contributed by atoms with Crippen molar-refractivity contribution in [2.75, 3.05) is 25.6 Å². The van der Waals surface area contributed by atoms with Crippen molar-refractivity contribution in [2.24, 2.45) is 0 Å². The first kappa shape index (κ1) is 13.8. The van der Waals surface area contributed by atoms with Crippen molar-refractivity contribution in [1.29, 1.82) is 0 Å².